The van der Waals surface area contributed by atoms with E-state index in [4.69, 9.17) is 9.84 Å². The fraction of sp³-hybridized carbons (Fsp3) is 0.429. The first kappa shape index (κ1) is 25.1. The van der Waals surface area contributed by atoms with Crippen molar-refractivity contribution >= 4 is 39.3 Å². The molecule has 1 atom stereocenters. The van der Waals surface area contributed by atoms with Gasteiger partial charge >= 0.3 is 5.97 Å². The van der Waals surface area contributed by atoms with Crippen molar-refractivity contribution in [3.8, 4) is 5.75 Å². The third-order valence-corrected chi connectivity index (χ3v) is 8.16. The number of sulfonamides is 1. The zero-order chi connectivity index (χ0) is 24.3. The molecule has 2 aromatic rings. The van der Waals surface area contributed by atoms with Gasteiger partial charge in [-0.3, -0.25) is 4.68 Å². The second kappa shape index (κ2) is 10.1. The highest BCUT2D eigenvalue weighted by Crippen LogP contribution is 2.43. The fourth-order valence-corrected chi connectivity index (χ4v) is 5.72. The van der Waals surface area contributed by atoms with Gasteiger partial charge in [0.15, 0.2) is 5.82 Å². The van der Waals surface area contributed by atoms with Crippen LogP contribution in [-0.2, 0) is 21.9 Å². The van der Waals surface area contributed by atoms with E-state index in [0.29, 0.717) is 35.6 Å². The van der Waals surface area contributed by atoms with E-state index in [1.54, 1.807) is 37.3 Å². The molecule has 0 fully saturated rings. The average molecular weight is 499 g/mol. The Morgan fingerprint density at radius 1 is 1.39 bits per heavy atom. The summed E-state index contributed by atoms with van der Waals surface area (Å²) in [6.45, 7) is 2.45. The second-order valence-corrected chi connectivity index (χ2v) is 10.4. The standard InChI is InChI=1S/C21H27FN4O5S2/c1-5-6-7-14-12-26(20-8-9-24(2)23-20)16-10-18(32-4)17(31-13-15(22)21(27)28)11-19(16)33(29,30)25(14)3/h8-11,13-14H,5-7,12H2,1-4H3,(H,27,28)/b15-13-. The van der Waals surface area contributed by atoms with Crippen molar-refractivity contribution in [3.63, 3.8) is 0 Å². The van der Waals surface area contributed by atoms with Crippen LogP contribution in [0.2, 0.25) is 0 Å². The number of likely N-dealkylation sites (N-methyl/N-ethyl adjacent to an activating group) is 1. The quantitative estimate of drug-likeness (QED) is 0.333. The normalized spacial score (nSPS) is 18.6. The van der Waals surface area contributed by atoms with Crippen molar-refractivity contribution in [3.05, 3.63) is 36.5 Å². The van der Waals surface area contributed by atoms with Crippen LogP contribution in [0.5, 0.6) is 5.75 Å². The van der Waals surface area contributed by atoms with Crippen LogP contribution in [0.25, 0.3) is 0 Å². The molecule has 0 radical (unpaired) electrons. The lowest BCUT2D eigenvalue weighted by atomic mass is 10.1. The maximum atomic E-state index is 13.6. The summed E-state index contributed by atoms with van der Waals surface area (Å²) < 4.78 is 49.0. The van der Waals surface area contributed by atoms with Gasteiger partial charge in [0.2, 0.25) is 15.9 Å². The summed E-state index contributed by atoms with van der Waals surface area (Å²) in [6.07, 6.45) is 6.47. The Hall–Kier alpha value is -2.57. The van der Waals surface area contributed by atoms with E-state index in [9.17, 15) is 17.6 Å². The van der Waals surface area contributed by atoms with Crippen molar-refractivity contribution in [1.29, 1.82) is 0 Å². The smallest absolute Gasteiger partial charge is 0.368 e. The molecule has 0 spiro atoms. The number of carbonyl (C=O) groups is 1. The van der Waals surface area contributed by atoms with E-state index in [-0.39, 0.29) is 16.7 Å². The first-order valence-electron chi connectivity index (χ1n) is 10.3. The predicted octanol–water partition coefficient (Wildman–Crippen LogP) is 3.75. The minimum Gasteiger partial charge on any atom is -0.476 e. The Labute approximate surface area is 196 Å². The van der Waals surface area contributed by atoms with Crippen LogP contribution < -0.4 is 9.64 Å². The van der Waals surface area contributed by atoms with E-state index in [2.05, 4.69) is 12.0 Å². The van der Waals surface area contributed by atoms with Gasteiger partial charge in [-0.25, -0.2) is 13.2 Å². The van der Waals surface area contributed by atoms with Crippen LogP contribution in [0.1, 0.15) is 26.2 Å². The largest absolute Gasteiger partial charge is 0.476 e. The molecule has 1 unspecified atom stereocenters. The van der Waals surface area contributed by atoms with Crippen molar-refractivity contribution in [2.45, 2.75) is 42.0 Å². The summed E-state index contributed by atoms with van der Waals surface area (Å²) >= 11 is 1.27. The first-order valence-corrected chi connectivity index (χ1v) is 13.0. The van der Waals surface area contributed by atoms with Gasteiger partial charge in [-0.05, 0) is 18.7 Å². The zero-order valence-electron chi connectivity index (χ0n) is 18.9. The highest BCUT2D eigenvalue weighted by atomic mass is 32.2. The van der Waals surface area contributed by atoms with Crippen LogP contribution >= 0.6 is 11.8 Å². The lowest BCUT2D eigenvalue weighted by Gasteiger charge is -2.28. The number of hydrogen-bond acceptors (Lipinski definition) is 7. The van der Waals surface area contributed by atoms with Gasteiger partial charge in [-0.15, -0.1) is 11.8 Å². The molecule has 0 aliphatic carbocycles. The van der Waals surface area contributed by atoms with Crippen molar-refractivity contribution < 1.29 is 27.4 Å². The average Bonchev–Trinajstić information content (AvgIpc) is 3.19. The number of thioether (sulfide) groups is 1. The molecular weight excluding hydrogens is 471 g/mol. The number of ether oxygens (including phenoxy) is 1. The van der Waals surface area contributed by atoms with E-state index < -0.39 is 21.8 Å². The number of aliphatic carboxylic acids is 1. The van der Waals surface area contributed by atoms with Gasteiger partial charge < -0.3 is 14.7 Å². The molecule has 1 aromatic carbocycles. The third kappa shape index (κ3) is 5.17. The van der Waals surface area contributed by atoms with E-state index >= 15 is 0 Å². The van der Waals surface area contributed by atoms with Gasteiger partial charge in [-0.1, -0.05) is 19.8 Å². The van der Waals surface area contributed by atoms with Gasteiger partial charge in [0.05, 0.1) is 10.6 Å². The van der Waals surface area contributed by atoms with Crippen molar-refractivity contribution in [2.75, 3.05) is 24.7 Å². The Kier molecular flexibility index (Phi) is 7.70. The Bertz CT molecular complexity index is 1170. The molecule has 0 amide bonds. The monoisotopic (exact) mass is 498 g/mol. The lowest BCUT2D eigenvalue weighted by Crippen LogP contribution is -2.40. The fourth-order valence-electron chi connectivity index (χ4n) is 3.62. The molecule has 2 heterocycles. The molecule has 1 aliphatic rings. The molecule has 3 rings (SSSR count). The molecule has 12 heteroatoms. The van der Waals surface area contributed by atoms with Crippen molar-refractivity contribution in [2.24, 2.45) is 7.05 Å². The van der Waals surface area contributed by atoms with E-state index in [0.717, 1.165) is 12.8 Å². The topological polar surface area (TPSA) is 105 Å². The number of unbranched alkanes of at least 4 members (excludes halogenated alkanes) is 1. The van der Waals surface area contributed by atoms with Crippen LogP contribution in [0.4, 0.5) is 15.9 Å². The molecule has 0 saturated carbocycles. The van der Waals surface area contributed by atoms with Gasteiger partial charge in [-0.2, -0.15) is 13.8 Å². The number of aryl methyl sites for hydroxylation is 1. The second-order valence-electron chi connectivity index (χ2n) is 7.64. The van der Waals surface area contributed by atoms with Gasteiger partial charge in [0, 0.05) is 45.0 Å². The summed E-state index contributed by atoms with van der Waals surface area (Å²) in [4.78, 5) is 13.1. The number of halogens is 1. The number of aromatic nitrogens is 2. The molecule has 33 heavy (non-hydrogen) atoms. The van der Waals surface area contributed by atoms with E-state index in [1.807, 2.05) is 11.0 Å². The number of rotatable bonds is 8. The highest BCUT2D eigenvalue weighted by molar-refractivity contribution is 7.98. The Morgan fingerprint density at radius 3 is 2.70 bits per heavy atom. The summed E-state index contributed by atoms with van der Waals surface area (Å²) in [6, 6.07) is 4.49. The zero-order valence-corrected chi connectivity index (χ0v) is 20.5. The highest BCUT2D eigenvalue weighted by Gasteiger charge is 2.38. The number of hydrogen-bond donors (Lipinski definition) is 1. The molecule has 9 nitrogen and oxygen atoms in total. The summed E-state index contributed by atoms with van der Waals surface area (Å²) in [7, 11) is -0.601. The minimum absolute atomic E-state index is 0.0217. The van der Waals surface area contributed by atoms with Gasteiger partial charge in [0.1, 0.15) is 16.9 Å². The SMILES string of the molecule is CCCCC1CN(c2ccn(C)n2)c2cc(SC)c(O/C=C(\F)C(=O)O)cc2S(=O)(=O)N1C. The molecule has 1 N–H and O–H groups in total. The predicted molar refractivity (Wildman–Crippen MR) is 124 cm³/mol. The maximum Gasteiger partial charge on any atom is 0.368 e. The van der Waals surface area contributed by atoms with Crippen LogP contribution in [0.3, 0.4) is 0 Å². The number of nitrogens with zero attached hydrogens (tertiary/aromatic N) is 4. The molecule has 1 aromatic heterocycles. The number of carboxylic acid groups (broad SMARTS) is 1. The number of benzene rings is 1. The minimum atomic E-state index is -3.94. The summed E-state index contributed by atoms with van der Waals surface area (Å²) in [5.74, 6) is -2.62. The third-order valence-electron chi connectivity index (χ3n) is 5.46. The number of carboxylic acids is 1. The molecular formula is C21H27FN4O5S2. The first-order chi connectivity index (χ1) is 15.6. The summed E-state index contributed by atoms with van der Waals surface area (Å²) in [5.41, 5.74) is 0.430. The van der Waals surface area contributed by atoms with E-state index in [1.165, 1.54) is 22.1 Å². The lowest BCUT2D eigenvalue weighted by molar-refractivity contribution is -0.134. The maximum absolute atomic E-state index is 13.6. The van der Waals surface area contributed by atoms with Gasteiger partial charge in [0.25, 0.3) is 0 Å². The van der Waals surface area contributed by atoms with Crippen LogP contribution in [0.15, 0.2) is 46.3 Å². The molecule has 1 aliphatic heterocycles. The molecule has 0 bridgehead atoms. The van der Waals surface area contributed by atoms with Crippen molar-refractivity contribution in [1.82, 2.24) is 14.1 Å². The Morgan fingerprint density at radius 2 is 2.12 bits per heavy atom. The number of anilines is 2. The number of fused-ring (bicyclic) bond motifs is 1. The molecule has 180 valence electrons. The molecule has 0 saturated heterocycles. The van der Waals surface area contributed by atoms with Crippen LogP contribution in [-0.4, -0.2) is 59.5 Å². The summed E-state index contributed by atoms with van der Waals surface area (Å²) in [5, 5.41) is 13.2. The van der Waals surface area contributed by atoms with Crippen LogP contribution in [0, 0.1) is 0 Å². The Balaban J connectivity index is 2.21.